The molecule has 4 aromatic rings. The van der Waals surface area contributed by atoms with Gasteiger partial charge in [0.05, 0.1) is 16.3 Å². The summed E-state index contributed by atoms with van der Waals surface area (Å²) in [5.74, 6) is -0.0761. The minimum Gasteiger partial charge on any atom is -0.321 e. The van der Waals surface area contributed by atoms with Gasteiger partial charge in [0.1, 0.15) is 4.83 Å². The number of benzene rings is 2. The first-order valence-corrected chi connectivity index (χ1v) is 9.84. The second-order valence-corrected chi connectivity index (χ2v) is 7.61. The molecule has 0 atom stereocenters. The molecule has 0 aliphatic rings. The maximum Gasteiger partial charge on any atom is 0.265 e. The average molecular weight is 375 g/mol. The van der Waals surface area contributed by atoms with E-state index >= 15 is 0 Å². The molecule has 1 N–H and O–H groups in total. The molecule has 136 valence electrons. The van der Waals surface area contributed by atoms with Crippen LogP contribution in [0.1, 0.15) is 33.4 Å². The Balaban J connectivity index is 1.73. The quantitative estimate of drug-likeness (QED) is 0.510. The first-order valence-electron chi connectivity index (χ1n) is 9.03. The number of aromatic nitrogens is 2. The van der Waals surface area contributed by atoms with Crippen molar-refractivity contribution in [3.63, 3.8) is 0 Å². The third-order valence-corrected chi connectivity index (χ3v) is 5.87. The number of para-hydroxylation sites is 2. The van der Waals surface area contributed by atoms with Gasteiger partial charge in [-0.2, -0.15) is 5.10 Å². The van der Waals surface area contributed by atoms with Crippen LogP contribution in [0.4, 0.5) is 5.69 Å². The standard InChI is InChI=1S/C22H21N3OS/c1-4-16-10-6-7-11-18(16)23-21(26)20-13-17-15(3)24-25(22(17)27-20)19-12-8-5-9-14(19)2/h5-13H,4H2,1-3H3,(H,23,26). The number of hydrogen-bond donors (Lipinski definition) is 1. The number of nitrogens with zero attached hydrogens (tertiary/aromatic N) is 2. The van der Waals surface area contributed by atoms with Gasteiger partial charge in [-0.25, -0.2) is 4.68 Å². The Morgan fingerprint density at radius 2 is 1.85 bits per heavy atom. The minimum absolute atomic E-state index is 0.0761. The van der Waals surface area contributed by atoms with Crippen molar-refractivity contribution in [1.29, 1.82) is 0 Å². The second-order valence-electron chi connectivity index (χ2n) is 6.58. The Kier molecular flexibility index (Phi) is 4.54. The molecule has 0 saturated carbocycles. The average Bonchev–Trinajstić information content (AvgIpc) is 3.24. The lowest BCUT2D eigenvalue weighted by atomic mass is 10.1. The molecule has 0 aliphatic heterocycles. The molecule has 0 unspecified atom stereocenters. The van der Waals surface area contributed by atoms with Gasteiger partial charge in [0.15, 0.2) is 0 Å². The van der Waals surface area contributed by atoms with E-state index in [1.807, 2.05) is 54.1 Å². The van der Waals surface area contributed by atoms with Crippen molar-refractivity contribution in [2.75, 3.05) is 5.32 Å². The van der Waals surface area contributed by atoms with Gasteiger partial charge in [-0.15, -0.1) is 11.3 Å². The van der Waals surface area contributed by atoms with E-state index in [9.17, 15) is 4.79 Å². The molecule has 2 aromatic heterocycles. The van der Waals surface area contributed by atoms with E-state index in [2.05, 4.69) is 36.4 Å². The summed E-state index contributed by atoms with van der Waals surface area (Å²) in [4.78, 5) is 14.5. The normalized spacial score (nSPS) is 11.1. The highest BCUT2D eigenvalue weighted by molar-refractivity contribution is 7.20. The van der Waals surface area contributed by atoms with E-state index in [0.29, 0.717) is 4.88 Å². The molecule has 0 spiro atoms. The first-order chi connectivity index (χ1) is 13.1. The van der Waals surface area contributed by atoms with Crippen molar-refractivity contribution in [2.45, 2.75) is 27.2 Å². The molecule has 0 radical (unpaired) electrons. The molecule has 4 rings (SSSR count). The molecule has 0 saturated heterocycles. The van der Waals surface area contributed by atoms with Crippen LogP contribution >= 0.6 is 11.3 Å². The molecule has 0 bridgehead atoms. The molecule has 1 amide bonds. The van der Waals surface area contributed by atoms with E-state index in [-0.39, 0.29) is 5.91 Å². The van der Waals surface area contributed by atoms with E-state index < -0.39 is 0 Å². The molecule has 0 aliphatic carbocycles. The van der Waals surface area contributed by atoms with Crippen LogP contribution in [0.25, 0.3) is 15.9 Å². The monoisotopic (exact) mass is 375 g/mol. The summed E-state index contributed by atoms with van der Waals surface area (Å²) >= 11 is 1.48. The van der Waals surface area contributed by atoms with Crippen molar-refractivity contribution in [3.05, 3.63) is 76.3 Å². The molecule has 4 nitrogen and oxygen atoms in total. The van der Waals surface area contributed by atoms with Gasteiger partial charge in [0, 0.05) is 11.1 Å². The van der Waals surface area contributed by atoms with Crippen LogP contribution in [0.2, 0.25) is 0 Å². The van der Waals surface area contributed by atoms with E-state index in [0.717, 1.165) is 44.8 Å². The molecule has 2 aromatic carbocycles. The number of carbonyl (C=O) groups excluding carboxylic acids is 1. The number of rotatable bonds is 4. The summed E-state index contributed by atoms with van der Waals surface area (Å²) in [6.45, 7) is 6.14. The molecular formula is C22H21N3OS. The van der Waals surface area contributed by atoms with Crippen LogP contribution in [-0.2, 0) is 6.42 Å². The van der Waals surface area contributed by atoms with Crippen LogP contribution in [0.5, 0.6) is 0 Å². The molecule has 2 heterocycles. The molecule has 0 fully saturated rings. The Labute approximate surface area is 162 Å². The highest BCUT2D eigenvalue weighted by Gasteiger charge is 2.18. The van der Waals surface area contributed by atoms with Gasteiger partial charge < -0.3 is 5.32 Å². The van der Waals surface area contributed by atoms with Crippen LogP contribution in [-0.4, -0.2) is 15.7 Å². The van der Waals surface area contributed by atoms with Gasteiger partial charge in [-0.05, 0) is 49.6 Å². The minimum atomic E-state index is -0.0761. The largest absolute Gasteiger partial charge is 0.321 e. The van der Waals surface area contributed by atoms with E-state index in [4.69, 9.17) is 0 Å². The van der Waals surface area contributed by atoms with Crippen molar-refractivity contribution >= 4 is 33.1 Å². The molecule has 27 heavy (non-hydrogen) atoms. The predicted octanol–water partition coefficient (Wildman–Crippen LogP) is 5.52. The zero-order valence-electron chi connectivity index (χ0n) is 15.6. The van der Waals surface area contributed by atoms with E-state index in [1.165, 1.54) is 11.3 Å². The third-order valence-electron chi connectivity index (χ3n) is 4.76. The topological polar surface area (TPSA) is 46.9 Å². The summed E-state index contributed by atoms with van der Waals surface area (Å²) in [6.07, 6.45) is 0.879. The van der Waals surface area contributed by atoms with E-state index in [1.54, 1.807) is 0 Å². The highest BCUT2D eigenvalue weighted by atomic mass is 32.1. The Hall–Kier alpha value is -2.92. The summed E-state index contributed by atoms with van der Waals surface area (Å²) in [6, 6.07) is 18.0. The van der Waals surface area contributed by atoms with Crippen LogP contribution in [0.15, 0.2) is 54.6 Å². The number of nitrogens with one attached hydrogen (secondary N) is 1. The van der Waals surface area contributed by atoms with Crippen LogP contribution in [0.3, 0.4) is 0 Å². The smallest absolute Gasteiger partial charge is 0.265 e. The third kappa shape index (κ3) is 3.15. The zero-order valence-corrected chi connectivity index (χ0v) is 16.4. The lowest BCUT2D eigenvalue weighted by Gasteiger charge is -2.08. The fourth-order valence-corrected chi connectivity index (χ4v) is 4.33. The Morgan fingerprint density at radius 3 is 2.63 bits per heavy atom. The molecular weight excluding hydrogens is 354 g/mol. The number of amides is 1. The Morgan fingerprint density at radius 1 is 1.11 bits per heavy atom. The van der Waals surface area contributed by atoms with Crippen molar-refractivity contribution in [1.82, 2.24) is 9.78 Å². The maximum atomic E-state index is 12.8. The summed E-state index contributed by atoms with van der Waals surface area (Å²) in [7, 11) is 0. The van der Waals surface area contributed by atoms with Gasteiger partial charge in [0.25, 0.3) is 5.91 Å². The predicted molar refractivity (Wildman–Crippen MR) is 112 cm³/mol. The van der Waals surface area contributed by atoms with Crippen molar-refractivity contribution < 1.29 is 4.79 Å². The van der Waals surface area contributed by atoms with Gasteiger partial charge in [-0.1, -0.05) is 43.3 Å². The zero-order chi connectivity index (χ0) is 19.0. The maximum absolute atomic E-state index is 12.8. The number of carbonyl (C=O) groups is 1. The molecule has 5 heteroatoms. The number of fused-ring (bicyclic) bond motifs is 1. The van der Waals surface area contributed by atoms with Crippen LogP contribution < -0.4 is 5.32 Å². The first kappa shape index (κ1) is 17.5. The summed E-state index contributed by atoms with van der Waals surface area (Å²) in [5, 5.41) is 8.77. The lowest BCUT2D eigenvalue weighted by Crippen LogP contribution is -2.11. The number of thiophene rings is 1. The van der Waals surface area contributed by atoms with Crippen molar-refractivity contribution in [3.8, 4) is 5.69 Å². The fraction of sp³-hybridized carbons (Fsp3) is 0.182. The summed E-state index contributed by atoms with van der Waals surface area (Å²) < 4.78 is 1.95. The van der Waals surface area contributed by atoms with Crippen molar-refractivity contribution in [2.24, 2.45) is 0 Å². The highest BCUT2D eigenvalue weighted by Crippen LogP contribution is 2.31. The number of aryl methyl sites for hydroxylation is 3. The fourth-order valence-electron chi connectivity index (χ4n) is 3.26. The summed E-state index contributed by atoms with van der Waals surface area (Å²) in [5.41, 5.74) is 5.13. The lowest BCUT2D eigenvalue weighted by molar-refractivity contribution is 0.103. The SMILES string of the molecule is CCc1ccccc1NC(=O)c1cc2c(C)nn(-c3ccccc3C)c2s1. The Bertz CT molecular complexity index is 1140. The second kappa shape index (κ2) is 7.00. The number of hydrogen-bond acceptors (Lipinski definition) is 3. The van der Waals surface area contributed by atoms with Gasteiger partial charge >= 0.3 is 0 Å². The van der Waals surface area contributed by atoms with Gasteiger partial charge in [-0.3, -0.25) is 4.79 Å². The van der Waals surface area contributed by atoms with Crippen LogP contribution in [0, 0.1) is 13.8 Å². The van der Waals surface area contributed by atoms with Gasteiger partial charge in [0.2, 0.25) is 0 Å². The number of anilines is 1.